The minimum absolute atomic E-state index is 0.0517. The van der Waals surface area contributed by atoms with Crippen LogP contribution in [-0.4, -0.2) is 18.1 Å². The van der Waals surface area contributed by atoms with Crippen molar-refractivity contribution in [3.63, 3.8) is 0 Å². The van der Waals surface area contributed by atoms with E-state index in [4.69, 9.17) is 17.3 Å². The van der Waals surface area contributed by atoms with E-state index in [-0.39, 0.29) is 22.8 Å². The van der Waals surface area contributed by atoms with Crippen LogP contribution in [0, 0.1) is 0 Å². The quantitative estimate of drug-likeness (QED) is 0.833. The molecule has 0 fully saturated rings. The van der Waals surface area contributed by atoms with Gasteiger partial charge in [0.15, 0.2) is 0 Å². The van der Waals surface area contributed by atoms with Crippen LogP contribution < -0.4 is 5.73 Å². The number of nitrogens with two attached hydrogens (primary N) is 1. The van der Waals surface area contributed by atoms with Gasteiger partial charge in [-0.3, -0.25) is 4.79 Å². The number of esters is 1. The first-order valence-corrected chi connectivity index (χ1v) is 4.63. The molecular weight excluding hydrogens is 242 g/mol. The van der Waals surface area contributed by atoms with Gasteiger partial charge in [0.1, 0.15) is 5.69 Å². The Kier molecular flexibility index (Phi) is 4.00. The normalized spacial score (nSPS) is 10.6. The molecule has 88 valence electrons. The lowest BCUT2D eigenvalue weighted by molar-refractivity contribution is -0.139. The van der Waals surface area contributed by atoms with Crippen LogP contribution in [-0.2, 0) is 16.0 Å². The third-order valence-corrected chi connectivity index (χ3v) is 2.16. The van der Waals surface area contributed by atoms with Gasteiger partial charge in [-0.1, -0.05) is 11.6 Å². The maximum Gasteiger partial charge on any atom is 0.311 e. The van der Waals surface area contributed by atoms with Crippen molar-refractivity contribution in [3.05, 3.63) is 22.5 Å². The van der Waals surface area contributed by atoms with Crippen LogP contribution in [0.4, 0.5) is 14.5 Å². The Bertz CT molecular complexity index is 413. The molecule has 0 unspecified atom stereocenters. The summed E-state index contributed by atoms with van der Waals surface area (Å²) < 4.78 is 29.4. The van der Waals surface area contributed by atoms with Crippen molar-refractivity contribution in [2.24, 2.45) is 0 Å². The summed E-state index contributed by atoms with van der Waals surface area (Å²) in [4.78, 5) is 14.5. The van der Waals surface area contributed by atoms with Crippen LogP contribution in [0.15, 0.2) is 6.07 Å². The number of alkyl halides is 2. The fraction of sp³-hybridized carbons (Fsp3) is 0.333. The number of rotatable bonds is 3. The highest BCUT2D eigenvalue weighted by Crippen LogP contribution is 2.29. The van der Waals surface area contributed by atoms with E-state index in [0.29, 0.717) is 0 Å². The standard InChI is InChI=1S/C9H9ClF2N2O2/c1-16-6(15)3-4-2-5(10)7(13)8(14-4)9(11)12/h2,9H,3,13H2,1H3. The minimum Gasteiger partial charge on any atom is -0.469 e. The van der Waals surface area contributed by atoms with Gasteiger partial charge in [-0.05, 0) is 6.07 Å². The van der Waals surface area contributed by atoms with E-state index in [1.807, 2.05) is 0 Å². The van der Waals surface area contributed by atoms with Crippen LogP contribution in [0.1, 0.15) is 17.8 Å². The fourth-order valence-electron chi connectivity index (χ4n) is 1.07. The number of anilines is 1. The summed E-state index contributed by atoms with van der Waals surface area (Å²) in [5.41, 5.74) is 4.53. The third kappa shape index (κ3) is 2.79. The lowest BCUT2D eigenvalue weighted by Gasteiger charge is -2.08. The number of methoxy groups -OCH3 is 1. The van der Waals surface area contributed by atoms with Crippen LogP contribution >= 0.6 is 11.6 Å². The second-order valence-electron chi connectivity index (χ2n) is 2.95. The van der Waals surface area contributed by atoms with Crippen LogP contribution in [0.5, 0.6) is 0 Å². The number of hydrogen-bond acceptors (Lipinski definition) is 4. The highest BCUT2D eigenvalue weighted by atomic mass is 35.5. The SMILES string of the molecule is COC(=O)Cc1cc(Cl)c(N)c(C(F)F)n1. The van der Waals surface area contributed by atoms with Gasteiger partial charge in [0.25, 0.3) is 6.43 Å². The predicted octanol–water partition coefficient (Wildman–Crippen LogP) is 1.97. The molecule has 0 radical (unpaired) electrons. The van der Waals surface area contributed by atoms with E-state index in [9.17, 15) is 13.6 Å². The highest BCUT2D eigenvalue weighted by Gasteiger charge is 2.18. The summed E-state index contributed by atoms with van der Waals surface area (Å²) in [6, 6.07) is 1.26. The zero-order valence-electron chi connectivity index (χ0n) is 8.34. The van der Waals surface area contributed by atoms with Gasteiger partial charge < -0.3 is 10.5 Å². The molecule has 0 aliphatic rings. The molecule has 2 N–H and O–H groups in total. The predicted molar refractivity (Wildman–Crippen MR) is 54.3 cm³/mol. The average molecular weight is 251 g/mol. The number of halogens is 3. The van der Waals surface area contributed by atoms with Crippen molar-refractivity contribution in [3.8, 4) is 0 Å². The maximum absolute atomic E-state index is 12.5. The third-order valence-electron chi connectivity index (χ3n) is 1.85. The number of hydrogen-bond donors (Lipinski definition) is 1. The van der Waals surface area contributed by atoms with Gasteiger partial charge in [0, 0.05) is 0 Å². The molecule has 0 aliphatic heterocycles. The number of nitrogen functional groups attached to an aromatic ring is 1. The second kappa shape index (κ2) is 5.07. The smallest absolute Gasteiger partial charge is 0.311 e. The summed E-state index contributed by atoms with van der Waals surface area (Å²) in [6.07, 6.45) is -3.06. The molecule has 1 aromatic rings. The van der Waals surface area contributed by atoms with Gasteiger partial charge in [0.05, 0.1) is 29.9 Å². The first kappa shape index (κ1) is 12.6. The molecule has 0 aromatic carbocycles. The van der Waals surface area contributed by atoms with Gasteiger partial charge >= 0.3 is 5.97 Å². The molecule has 0 amide bonds. The van der Waals surface area contributed by atoms with Crippen molar-refractivity contribution in [2.45, 2.75) is 12.8 Å². The van der Waals surface area contributed by atoms with E-state index in [2.05, 4.69) is 9.72 Å². The Balaban J connectivity index is 3.09. The van der Waals surface area contributed by atoms with Crippen LogP contribution in [0.3, 0.4) is 0 Å². The van der Waals surface area contributed by atoms with Crippen molar-refractivity contribution < 1.29 is 18.3 Å². The minimum atomic E-state index is -2.84. The van der Waals surface area contributed by atoms with Crippen molar-refractivity contribution in [1.29, 1.82) is 0 Å². The summed E-state index contributed by atoms with van der Waals surface area (Å²) in [6.45, 7) is 0. The molecule has 1 aromatic heterocycles. The summed E-state index contributed by atoms with van der Waals surface area (Å²) in [5, 5.41) is -0.0517. The molecule has 16 heavy (non-hydrogen) atoms. The number of nitrogens with zero attached hydrogens (tertiary/aromatic N) is 1. The van der Waals surface area contributed by atoms with E-state index in [0.717, 1.165) is 0 Å². The second-order valence-corrected chi connectivity index (χ2v) is 3.36. The topological polar surface area (TPSA) is 65.2 Å². The number of aromatic nitrogens is 1. The van der Waals surface area contributed by atoms with Gasteiger partial charge in [-0.2, -0.15) is 0 Å². The number of carbonyl (C=O) groups excluding carboxylic acids is 1. The first-order valence-electron chi connectivity index (χ1n) is 4.25. The molecule has 0 aliphatic carbocycles. The largest absolute Gasteiger partial charge is 0.469 e. The molecule has 0 saturated heterocycles. The van der Waals surface area contributed by atoms with E-state index >= 15 is 0 Å². The van der Waals surface area contributed by atoms with E-state index < -0.39 is 18.1 Å². The number of carbonyl (C=O) groups is 1. The van der Waals surface area contributed by atoms with Crippen LogP contribution in [0.2, 0.25) is 5.02 Å². The Hall–Kier alpha value is -1.43. The number of pyridine rings is 1. The summed E-state index contributed by atoms with van der Waals surface area (Å²) >= 11 is 5.64. The lowest BCUT2D eigenvalue weighted by Crippen LogP contribution is -2.09. The zero-order chi connectivity index (χ0) is 12.3. The van der Waals surface area contributed by atoms with Crippen molar-refractivity contribution >= 4 is 23.3 Å². The Morgan fingerprint density at radius 2 is 2.31 bits per heavy atom. The Morgan fingerprint density at radius 3 is 2.81 bits per heavy atom. The van der Waals surface area contributed by atoms with Crippen molar-refractivity contribution in [2.75, 3.05) is 12.8 Å². The molecule has 4 nitrogen and oxygen atoms in total. The Labute approximate surface area is 95.4 Å². The zero-order valence-corrected chi connectivity index (χ0v) is 9.09. The average Bonchev–Trinajstić information content (AvgIpc) is 2.22. The van der Waals surface area contributed by atoms with Gasteiger partial charge in [0.2, 0.25) is 0 Å². The lowest BCUT2D eigenvalue weighted by atomic mass is 10.2. The highest BCUT2D eigenvalue weighted by molar-refractivity contribution is 6.33. The maximum atomic E-state index is 12.5. The molecular formula is C9H9ClF2N2O2. The summed E-state index contributed by atoms with van der Waals surface area (Å²) in [7, 11) is 1.19. The van der Waals surface area contributed by atoms with Crippen LogP contribution in [0.25, 0.3) is 0 Å². The summed E-state index contributed by atoms with van der Waals surface area (Å²) in [5.74, 6) is -0.589. The fourth-order valence-corrected chi connectivity index (χ4v) is 1.29. The van der Waals surface area contributed by atoms with E-state index in [1.165, 1.54) is 13.2 Å². The Morgan fingerprint density at radius 1 is 1.69 bits per heavy atom. The molecule has 1 heterocycles. The molecule has 0 saturated carbocycles. The first-order chi connectivity index (χ1) is 7.45. The van der Waals surface area contributed by atoms with Gasteiger partial charge in [-0.25, -0.2) is 13.8 Å². The van der Waals surface area contributed by atoms with E-state index in [1.54, 1.807) is 0 Å². The van der Waals surface area contributed by atoms with Crippen molar-refractivity contribution in [1.82, 2.24) is 4.98 Å². The van der Waals surface area contributed by atoms with Gasteiger partial charge in [-0.15, -0.1) is 0 Å². The monoisotopic (exact) mass is 250 g/mol. The molecule has 0 atom stereocenters. The molecule has 0 spiro atoms. The molecule has 1 rings (SSSR count). The molecule has 0 bridgehead atoms. The number of ether oxygens (including phenoxy) is 1. The molecule has 7 heteroatoms.